The smallest absolute Gasteiger partial charge is 0.311 e. The van der Waals surface area contributed by atoms with Gasteiger partial charge in [-0.15, -0.1) is 0 Å². The fraction of sp³-hybridized carbons (Fsp3) is 0.583. The minimum absolute atomic E-state index is 0.0250. The fourth-order valence-electron chi connectivity index (χ4n) is 1.96. The fourth-order valence-corrected chi connectivity index (χ4v) is 1.96. The van der Waals surface area contributed by atoms with Crippen LogP contribution in [0.25, 0.3) is 0 Å². The summed E-state index contributed by atoms with van der Waals surface area (Å²) < 4.78 is 0. The summed E-state index contributed by atoms with van der Waals surface area (Å²) >= 11 is 0. The van der Waals surface area contributed by atoms with Gasteiger partial charge in [0.05, 0.1) is 4.92 Å². The van der Waals surface area contributed by atoms with E-state index in [-0.39, 0.29) is 5.69 Å². The van der Waals surface area contributed by atoms with Crippen molar-refractivity contribution in [2.45, 2.75) is 19.8 Å². The van der Waals surface area contributed by atoms with E-state index in [0.29, 0.717) is 17.6 Å². The Bertz CT molecular complexity index is 446. The third-order valence-electron chi connectivity index (χ3n) is 3.35. The van der Waals surface area contributed by atoms with Gasteiger partial charge < -0.3 is 10.6 Å². The van der Waals surface area contributed by atoms with Gasteiger partial charge in [-0.1, -0.05) is 6.92 Å². The van der Waals surface area contributed by atoms with Gasteiger partial charge in [-0.3, -0.25) is 10.1 Å². The third-order valence-corrected chi connectivity index (χ3v) is 3.35. The molecule has 0 aromatic carbocycles. The summed E-state index contributed by atoms with van der Waals surface area (Å²) in [4.78, 5) is 14.7. The molecular formula is C12H18N4O2. The molecule has 1 unspecified atom stereocenters. The van der Waals surface area contributed by atoms with E-state index in [1.807, 2.05) is 0 Å². The van der Waals surface area contributed by atoms with E-state index in [2.05, 4.69) is 22.5 Å². The van der Waals surface area contributed by atoms with Crippen LogP contribution in [-0.4, -0.2) is 23.5 Å². The number of anilines is 2. The van der Waals surface area contributed by atoms with E-state index in [1.165, 1.54) is 18.9 Å². The zero-order valence-electron chi connectivity index (χ0n) is 10.6. The van der Waals surface area contributed by atoms with E-state index in [4.69, 9.17) is 0 Å². The molecule has 18 heavy (non-hydrogen) atoms. The van der Waals surface area contributed by atoms with Crippen LogP contribution in [0.4, 0.5) is 17.3 Å². The van der Waals surface area contributed by atoms with Crippen molar-refractivity contribution in [3.63, 3.8) is 0 Å². The number of nitro groups is 1. The molecule has 0 radical (unpaired) electrons. The van der Waals surface area contributed by atoms with E-state index in [9.17, 15) is 10.1 Å². The van der Waals surface area contributed by atoms with Crippen molar-refractivity contribution in [2.24, 2.45) is 11.8 Å². The van der Waals surface area contributed by atoms with Crippen LogP contribution in [0, 0.1) is 22.0 Å². The molecule has 0 aliphatic heterocycles. The van der Waals surface area contributed by atoms with Crippen molar-refractivity contribution in [1.82, 2.24) is 4.98 Å². The Hall–Kier alpha value is -1.85. The maximum absolute atomic E-state index is 10.9. The lowest BCUT2D eigenvalue weighted by Gasteiger charge is -2.12. The first-order chi connectivity index (χ1) is 8.61. The van der Waals surface area contributed by atoms with E-state index >= 15 is 0 Å². The molecule has 2 rings (SSSR count). The number of rotatable bonds is 6. The highest BCUT2D eigenvalue weighted by atomic mass is 16.6. The molecular weight excluding hydrogens is 232 g/mol. The Morgan fingerprint density at radius 3 is 2.83 bits per heavy atom. The Balaban J connectivity index is 2.09. The topological polar surface area (TPSA) is 80.1 Å². The molecule has 1 atom stereocenters. The van der Waals surface area contributed by atoms with Crippen LogP contribution < -0.4 is 10.6 Å². The van der Waals surface area contributed by atoms with Crippen LogP contribution in [-0.2, 0) is 0 Å². The zero-order valence-corrected chi connectivity index (χ0v) is 10.6. The molecule has 6 nitrogen and oxygen atoms in total. The zero-order chi connectivity index (χ0) is 13.1. The van der Waals surface area contributed by atoms with Crippen molar-refractivity contribution < 1.29 is 4.92 Å². The lowest BCUT2D eigenvalue weighted by atomic mass is 10.1. The highest BCUT2D eigenvalue weighted by Crippen LogP contribution is 2.36. The largest absolute Gasteiger partial charge is 0.373 e. The van der Waals surface area contributed by atoms with Crippen molar-refractivity contribution >= 4 is 17.3 Å². The number of pyridine rings is 1. The normalized spacial score (nSPS) is 16.1. The maximum atomic E-state index is 10.9. The first-order valence-electron chi connectivity index (χ1n) is 6.19. The van der Waals surface area contributed by atoms with E-state index in [0.717, 1.165) is 12.5 Å². The van der Waals surface area contributed by atoms with Gasteiger partial charge >= 0.3 is 5.69 Å². The quantitative estimate of drug-likeness (QED) is 0.599. The molecule has 1 aromatic rings. The molecule has 1 saturated carbocycles. The van der Waals surface area contributed by atoms with Gasteiger partial charge in [0.15, 0.2) is 0 Å². The van der Waals surface area contributed by atoms with Gasteiger partial charge in [-0.2, -0.15) is 0 Å². The summed E-state index contributed by atoms with van der Waals surface area (Å²) in [5.74, 6) is 2.27. The Labute approximate surface area is 106 Å². The third kappa shape index (κ3) is 2.88. The number of nitrogens with zero attached hydrogens (tertiary/aromatic N) is 2. The first kappa shape index (κ1) is 12.6. The lowest BCUT2D eigenvalue weighted by molar-refractivity contribution is -0.384. The average Bonchev–Trinajstić information content (AvgIpc) is 3.19. The number of aromatic nitrogens is 1. The Morgan fingerprint density at radius 2 is 2.28 bits per heavy atom. The van der Waals surface area contributed by atoms with Gasteiger partial charge in [0.2, 0.25) is 5.82 Å². The summed E-state index contributed by atoms with van der Waals surface area (Å²) in [7, 11) is 1.74. The second-order valence-electron chi connectivity index (χ2n) is 4.77. The highest BCUT2D eigenvalue weighted by Gasteiger charge is 2.28. The minimum Gasteiger partial charge on any atom is -0.373 e. The summed E-state index contributed by atoms with van der Waals surface area (Å²) in [6.07, 6.45) is 2.55. The molecule has 0 amide bonds. The summed E-state index contributed by atoms with van der Waals surface area (Å²) in [6, 6.07) is 3.08. The molecule has 0 bridgehead atoms. The van der Waals surface area contributed by atoms with E-state index in [1.54, 1.807) is 13.1 Å². The van der Waals surface area contributed by atoms with Crippen LogP contribution in [0.3, 0.4) is 0 Å². The van der Waals surface area contributed by atoms with Crippen LogP contribution in [0.1, 0.15) is 19.8 Å². The molecule has 1 heterocycles. The van der Waals surface area contributed by atoms with Crippen molar-refractivity contribution in [1.29, 1.82) is 0 Å². The monoisotopic (exact) mass is 250 g/mol. The standard InChI is InChI=1S/C12H18N4O2/c1-8(9-3-4-9)7-14-12-10(16(17)18)5-6-11(13-2)15-12/h5-6,8-9H,3-4,7H2,1-2H3,(H2,13,14,15). The molecule has 2 N–H and O–H groups in total. The van der Waals surface area contributed by atoms with Crippen molar-refractivity contribution in [3.05, 3.63) is 22.2 Å². The molecule has 6 heteroatoms. The maximum Gasteiger partial charge on any atom is 0.311 e. The Morgan fingerprint density at radius 1 is 1.56 bits per heavy atom. The number of hydrogen-bond acceptors (Lipinski definition) is 5. The van der Waals surface area contributed by atoms with Crippen LogP contribution in [0.2, 0.25) is 0 Å². The average molecular weight is 250 g/mol. The van der Waals surface area contributed by atoms with Crippen LogP contribution >= 0.6 is 0 Å². The summed E-state index contributed by atoms with van der Waals surface area (Å²) in [6.45, 7) is 2.89. The number of hydrogen-bond donors (Lipinski definition) is 2. The van der Waals surface area contributed by atoms with Gasteiger partial charge in [0.1, 0.15) is 5.82 Å². The second kappa shape index (κ2) is 5.20. The van der Waals surface area contributed by atoms with Gasteiger partial charge in [0.25, 0.3) is 0 Å². The molecule has 1 aliphatic rings. The van der Waals surface area contributed by atoms with Crippen LogP contribution in [0.15, 0.2) is 12.1 Å². The summed E-state index contributed by atoms with van der Waals surface area (Å²) in [5, 5.41) is 16.9. The highest BCUT2D eigenvalue weighted by molar-refractivity contribution is 5.60. The number of nitrogens with one attached hydrogen (secondary N) is 2. The minimum atomic E-state index is -0.406. The predicted octanol–water partition coefficient (Wildman–Crippen LogP) is 2.49. The molecule has 1 aliphatic carbocycles. The summed E-state index contributed by atoms with van der Waals surface area (Å²) in [5.41, 5.74) is 0.0250. The second-order valence-corrected chi connectivity index (χ2v) is 4.77. The van der Waals surface area contributed by atoms with E-state index < -0.39 is 4.92 Å². The molecule has 0 spiro atoms. The first-order valence-corrected chi connectivity index (χ1v) is 6.19. The molecule has 1 fully saturated rings. The molecule has 1 aromatic heterocycles. The SMILES string of the molecule is CNc1ccc([N+](=O)[O-])c(NCC(C)C2CC2)n1. The van der Waals surface area contributed by atoms with Crippen LogP contribution in [0.5, 0.6) is 0 Å². The van der Waals surface area contributed by atoms with Gasteiger partial charge in [-0.05, 0) is 30.7 Å². The molecule has 0 saturated heterocycles. The van der Waals surface area contributed by atoms with Crippen molar-refractivity contribution in [3.8, 4) is 0 Å². The van der Waals surface area contributed by atoms with Gasteiger partial charge in [-0.25, -0.2) is 4.98 Å². The van der Waals surface area contributed by atoms with Crippen molar-refractivity contribution in [2.75, 3.05) is 24.2 Å². The predicted molar refractivity (Wildman–Crippen MR) is 70.8 cm³/mol. The lowest BCUT2D eigenvalue weighted by Crippen LogP contribution is -2.15. The molecule has 98 valence electrons. The van der Waals surface area contributed by atoms with Gasteiger partial charge in [0, 0.05) is 19.7 Å². The Kier molecular flexibility index (Phi) is 3.64.